The third-order valence-corrected chi connectivity index (χ3v) is 5.01. The van der Waals surface area contributed by atoms with Gasteiger partial charge in [-0.05, 0) is 33.1 Å². The van der Waals surface area contributed by atoms with E-state index in [-0.39, 0.29) is 29.6 Å². The molecule has 0 spiro atoms. The van der Waals surface area contributed by atoms with Crippen LogP contribution in [0.15, 0.2) is 54.6 Å². The summed E-state index contributed by atoms with van der Waals surface area (Å²) in [4.78, 5) is 25.2. The number of allylic oxidation sites excluding steroid dienone is 1. The Balaban J connectivity index is 1.85. The lowest BCUT2D eigenvalue weighted by Gasteiger charge is -2.23. The van der Waals surface area contributed by atoms with Crippen LogP contribution in [0.4, 0.5) is 8.78 Å². The van der Waals surface area contributed by atoms with Gasteiger partial charge in [-0.1, -0.05) is 54.6 Å². The van der Waals surface area contributed by atoms with Gasteiger partial charge in [0.25, 0.3) is 0 Å². The molecule has 0 saturated carbocycles. The number of unbranched alkanes of at least 4 members (excludes halogenated alkanes) is 1. The zero-order valence-corrected chi connectivity index (χ0v) is 18.0. The zero-order valence-electron chi connectivity index (χ0n) is 18.0. The minimum absolute atomic E-state index is 0.0517. The summed E-state index contributed by atoms with van der Waals surface area (Å²) in [6.07, 6.45) is 6.73. The maximum Gasteiger partial charge on any atom is 0.306 e. The molecular weight excluding hydrogens is 404 g/mol. The molecule has 170 valence electrons. The predicted molar refractivity (Wildman–Crippen MR) is 114 cm³/mol. The molecule has 31 heavy (non-hydrogen) atoms. The van der Waals surface area contributed by atoms with Crippen molar-refractivity contribution < 1.29 is 28.2 Å². The Kier molecular flexibility index (Phi) is 9.37. The van der Waals surface area contributed by atoms with Gasteiger partial charge in [-0.25, -0.2) is 0 Å². The molecule has 5 nitrogen and oxygen atoms in total. The van der Waals surface area contributed by atoms with Crippen molar-refractivity contribution in [2.75, 3.05) is 6.54 Å². The van der Waals surface area contributed by atoms with Gasteiger partial charge in [0.15, 0.2) is 0 Å². The highest BCUT2D eigenvalue weighted by atomic mass is 19.3. The van der Waals surface area contributed by atoms with Gasteiger partial charge >= 0.3 is 11.9 Å². The molecule has 1 fully saturated rings. The molecule has 1 aromatic rings. The van der Waals surface area contributed by atoms with Crippen LogP contribution in [0.2, 0.25) is 0 Å². The number of rotatable bonds is 11. The maximum absolute atomic E-state index is 14.4. The molecule has 0 unspecified atom stereocenters. The molecule has 1 aromatic carbocycles. The van der Waals surface area contributed by atoms with E-state index in [0.29, 0.717) is 38.6 Å². The summed E-state index contributed by atoms with van der Waals surface area (Å²) in [5.74, 6) is -3.69. The van der Waals surface area contributed by atoms with Crippen molar-refractivity contribution in [3.05, 3.63) is 60.2 Å². The average molecular weight is 436 g/mol. The summed E-state index contributed by atoms with van der Waals surface area (Å²) in [5.41, 5.74) is -0.258. The third kappa shape index (κ3) is 7.58. The van der Waals surface area contributed by atoms with E-state index in [1.807, 2.05) is 12.2 Å². The van der Waals surface area contributed by atoms with E-state index in [1.165, 1.54) is 30.3 Å². The molecule has 7 heteroatoms. The number of halogens is 2. The Labute approximate surface area is 182 Å². The van der Waals surface area contributed by atoms with Crippen LogP contribution >= 0.6 is 0 Å². The van der Waals surface area contributed by atoms with E-state index < -0.39 is 12.0 Å². The van der Waals surface area contributed by atoms with Crippen LogP contribution in [-0.2, 0) is 20.2 Å². The number of hydrogen-bond donors (Lipinski definition) is 1. The Morgan fingerprint density at radius 1 is 1.29 bits per heavy atom. The second-order valence-corrected chi connectivity index (χ2v) is 7.87. The van der Waals surface area contributed by atoms with Gasteiger partial charge in [-0.15, -0.1) is 0 Å². The summed E-state index contributed by atoms with van der Waals surface area (Å²) >= 11 is 0. The van der Waals surface area contributed by atoms with E-state index in [1.54, 1.807) is 24.8 Å². The fourth-order valence-electron chi connectivity index (χ4n) is 3.37. The van der Waals surface area contributed by atoms with Crippen molar-refractivity contribution in [1.29, 1.82) is 0 Å². The molecule has 0 bridgehead atoms. The van der Waals surface area contributed by atoms with Crippen molar-refractivity contribution in [2.24, 2.45) is 0 Å². The molecule has 0 aliphatic carbocycles. The number of aliphatic hydroxyl groups excluding tert-OH is 1. The lowest BCUT2D eigenvalue weighted by Crippen LogP contribution is -2.33. The molecule has 1 N–H and O–H groups in total. The first-order valence-electron chi connectivity index (χ1n) is 10.7. The van der Waals surface area contributed by atoms with Crippen LogP contribution in [0.1, 0.15) is 51.5 Å². The molecule has 2 atom stereocenters. The quantitative estimate of drug-likeness (QED) is 0.319. The number of benzene rings is 1. The summed E-state index contributed by atoms with van der Waals surface area (Å²) in [6, 6.07) is 6.84. The number of carbonyl (C=O) groups is 2. The van der Waals surface area contributed by atoms with Crippen molar-refractivity contribution in [3.8, 4) is 0 Å². The second kappa shape index (κ2) is 11.7. The molecule has 2 rings (SSSR count). The van der Waals surface area contributed by atoms with Gasteiger partial charge in [0.2, 0.25) is 5.91 Å². The van der Waals surface area contributed by atoms with Crippen LogP contribution in [0.5, 0.6) is 0 Å². The minimum Gasteiger partial charge on any atom is -0.463 e. The van der Waals surface area contributed by atoms with Gasteiger partial charge in [0.1, 0.15) is 6.10 Å². The number of alkyl halides is 2. The number of aliphatic hydroxyl groups is 1. The Bertz CT molecular complexity index is 777. The fraction of sp³-hybridized carbons (Fsp3) is 0.500. The normalized spacial score (nSPS) is 18.5. The molecule has 1 amide bonds. The van der Waals surface area contributed by atoms with Gasteiger partial charge < -0.3 is 14.7 Å². The maximum atomic E-state index is 14.4. The first-order chi connectivity index (χ1) is 14.7. The van der Waals surface area contributed by atoms with Gasteiger partial charge in [0.05, 0.1) is 12.1 Å². The van der Waals surface area contributed by atoms with Crippen LogP contribution in [0.25, 0.3) is 0 Å². The van der Waals surface area contributed by atoms with Gasteiger partial charge in [0, 0.05) is 24.9 Å². The minimum atomic E-state index is -3.41. The molecular formula is C24H31F2NO4. The number of amides is 1. The van der Waals surface area contributed by atoms with Crippen LogP contribution in [0.3, 0.4) is 0 Å². The first-order valence-corrected chi connectivity index (χ1v) is 10.7. The fourth-order valence-corrected chi connectivity index (χ4v) is 3.37. The molecule has 1 aliphatic rings. The largest absolute Gasteiger partial charge is 0.463 e. The SMILES string of the molecule is CC(C)OC(=O)CCC/C=C\CN1C(=O)CC[C@@H]1/C=C/[C@@H](O)C(F)(F)c1ccccc1. The summed E-state index contributed by atoms with van der Waals surface area (Å²) in [5, 5.41) is 10.0. The highest BCUT2D eigenvalue weighted by Gasteiger charge is 2.39. The van der Waals surface area contributed by atoms with Crippen molar-refractivity contribution >= 4 is 11.9 Å². The lowest BCUT2D eigenvalue weighted by molar-refractivity contribution is -0.147. The lowest BCUT2D eigenvalue weighted by atomic mass is 10.0. The molecule has 0 aromatic heterocycles. The van der Waals surface area contributed by atoms with E-state index in [2.05, 4.69) is 0 Å². The first kappa shape index (κ1) is 24.7. The van der Waals surface area contributed by atoms with Crippen LogP contribution in [-0.4, -0.2) is 46.7 Å². The Morgan fingerprint density at radius 3 is 2.68 bits per heavy atom. The average Bonchev–Trinajstić information content (AvgIpc) is 3.08. The molecule has 1 heterocycles. The monoisotopic (exact) mass is 435 g/mol. The number of likely N-dealkylation sites (tertiary alicyclic amines) is 1. The Morgan fingerprint density at radius 2 is 2.00 bits per heavy atom. The van der Waals surface area contributed by atoms with Gasteiger partial charge in [-0.2, -0.15) is 8.78 Å². The highest BCUT2D eigenvalue weighted by Crippen LogP contribution is 2.32. The number of nitrogens with zero attached hydrogens (tertiary/aromatic N) is 1. The summed E-state index contributed by atoms with van der Waals surface area (Å²) in [6.45, 7) is 3.96. The second-order valence-electron chi connectivity index (χ2n) is 7.87. The van der Waals surface area contributed by atoms with Crippen LogP contribution in [0, 0.1) is 0 Å². The van der Waals surface area contributed by atoms with Crippen LogP contribution < -0.4 is 0 Å². The molecule has 1 aliphatic heterocycles. The summed E-state index contributed by atoms with van der Waals surface area (Å²) < 4.78 is 33.9. The third-order valence-electron chi connectivity index (χ3n) is 5.01. The molecule has 0 radical (unpaired) electrons. The van der Waals surface area contributed by atoms with Crippen molar-refractivity contribution in [3.63, 3.8) is 0 Å². The van der Waals surface area contributed by atoms with Gasteiger partial charge in [-0.3, -0.25) is 9.59 Å². The number of ether oxygens (including phenoxy) is 1. The van der Waals surface area contributed by atoms with Crippen molar-refractivity contribution in [1.82, 2.24) is 4.90 Å². The Hall–Kier alpha value is -2.54. The standard InChI is InChI=1S/C24H31F2NO4/c1-18(2)31-23(30)12-8-3-4-9-17-27-20(14-16-22(27)29)13-15-21(28)24(25,26)19-10-6-5-7-11-19/h4-7,9-11,13,15,18,20-21,28H,3,8,12,14,16-17H2,1-2H3/b9-4-,15-13+/t20-,21+/m0/s1. The zero-order chi connectivity index (χ0) is 22.9. The van der Waals surface area contributed by atoms with E-state index in [9.17, 15) is 23.5 Å². The van der Waals surface area contributed by atoms with Crippen molar-refractivity contribution in [2.45, 2.75) is 70.1 Å². The summed E-state index contributed by atoms with van der Waals surface area (Å²) in [7, 11) is 0. The number of esters is 1. The van der Waals surface area contributed by atoms with E-state index >= 15 is 0 Å². The topological polar surface area (TPSA) is 66.8 Å². The smallest absolute Gasteiger partial charge is 0.306 e. The predicted octanol–water partition coefficient (Wildman–Crippen LogP) is 4.36. The highest BCUT2D eigenvalue weighted by molar-refractivity contribution is 5.79. The van der Waals surface area contributed by atoms with E-state index in [4.69, 9.17) is 4.74 Å². The molecule has 1 saturated heterocycles. The number of hydrogen-bond acceptors (Lipinski definition) is 4. The number of carbonyl (C=O) groups excluding carboxylic acids is 2. The van der Waals surface area contributed by atoms with E-state index in [0.717, 1.165) is 6.08 Å².